The van der Waals surface area contributed by atoms with E-state index in [0.717, 1.165) is 12.8 Å². The number of anilines is 1. The van der Waals surface area contributed by atoms with Crippen molar-refractivity contribution in [2.45, 2.75) is 18.1 Å². The highest BCUT2D eigenvalue weighted by molar-refractivity contribution is 7.93. The van der Waals surface area contributed by atoms with Crippen LogP contribution in [-0.2, 0) is 10.0 Å². The molecule has 0 aromatic heterocycles. The second-order valence-electron chi connectivity index (χ2n) is 3.91. The van der Waals surface area contributed by atoms with Gasteiger partial charge in [-0.25, -0.2) is 8.42 Å². The van der Waals surface area contributed by atoms with Crippen LogP contribution in [0.25, 0.3) is 0 Å². The van der Waals surface area contributed by atoms with Gasteiger partial charge in [0.1, 0.15) is 0 Å². The Labute approximate surface area is 99.2 Å². The molecular weight excluding hydrogens is 242 g/mol. The molecule has 1 aliphatic carbocycles. The molecule has 1 saturated carbocycles. The quantitative estimate of drug-likeness (QED) is 0.318. The third-order valence-corrected chi connectivity index (χ3v) is 4.38. The molecule has 0 radical (unpaired) electrons. The summed E-state index contributed by atoms with van der Waals surface area (Å²) in [4.78, 5) is 0. The van der Waals surface area contributed by atoms with Crippen molar-refractivity contribution >= 4 is 21.5 Å². The van der Waals surface area contributed by atoms with Gasteiger partial charge in [0, 0.05) is 11.3 Å². The second kappa shape index (κ2) is 4.25. The van der Waals surface area contributed by atoms with Crippen LogP contribution in [-0.4, -0.2) is 24.7 Å². The van der Waals surface area contributed by atoms with Gasteiger partial charge in [-0.3, -0.25) is 4.72 Å². The Kier molecular flexibility index (Phi) is 2.93. The summed E-state index contributed by atoms with van der Waals surface area (Å²) in [5, 5.41) is 11.1. The summed E-state index contributed by atoms with van der Waals surface area (Å²) in [5.74, 6) is -0.0124. The van der Waals surface area contributed by atoms with E-state index in [2.05, 4.69) is 9.88 Å². The first-order chi connectivity index (χ1) is 8.03. The van der Waals surface area contributed by atoms with Crippen molar-refractivity contribution in [3.63, 3.8) is 0 Å². The largest absolute Gasteiger partial charge is 0.409 e. The molecular formula is C10H13N3O3S. The van der Waals surface area contributed by atoms with Crippen molar-refractivity contribution in [2.24, 2.45) is 10.9 Å². The summed E-state index contributed by atoms with van der Waals surface area (Å²) in [5.41, 5.74) is 6.40. The Balaban J connectivity index is 2.13. The van der Waals surface area contributed by atoms with E-state index in [1.807, 2.05) is 0 Å². The van der Waals surface area contributed by atoms with Crippen molar-refractivity contribution in [1.82, 2.24) is 0 Å². The molecule has 1 aliphatic rings. The molecule has 0 bridgehead atoms. The summed E-state index contributed by atoms with van der Waals surface area (Å²) in [7, 11) is -3.24. The number of sulfonamides is 1. The molecule has 0 amide bonds. The van der Waals surface area contributed by atoms with Gasteiger partial charge in [0.2, 0.25) is 10.0 Å². The lowest BCUT2D eigenvalue weighted by atomic mass is 10.2. The number of hydrogen-bond donors (Lipinski definition) is 3. The highest BCUT2D eigenvalue weighted by atomic mass is 32.2. The van der Waals surface area contributed by atoms with Crippen LogP contribution in [0, 0.1) is 0 Å². The number of nitrogens with two attached hydrogens (primary N) is 1. The van der Waals surface area contributed by atoms with Crippen LogP contribution in [0.2, 0.25) is 0 Å². The number of nitrogens with zero attached hydrogens (tertiary/aromatic N) is 1. The average molecular weight is 255 g/mol. The number of amidine groups is 1. The first-order valence-corrected chi connectivity index (χ1v) is 6.67. The van der Waals surface area contributed by atoms with Crippen LogP contribution in [0.3, 0.4) is 0 Å². The van der Waals surface area contributed by atoms with Crippen molar-refractivity contribution in [3.05, 3.63) is 29.8 Å². The number of oxime groups is 1. The molecule has 17 heavy (non-hydrogen) atoms. The topological polar surface area (TPSA) is 105 Å². The summed E-state index contributed by atoms with van der Waals surface area (Å²) in [6.45, 7) is 0. The average Bonchev–Trinajstić information content (AvgIpc) is 3.12. The molecule has 92 valence electrons. The molecule has 0 saturated heterocycles. The van der Waals surface area contributed by atoms with E-state index < -0.39 is 10.0 Å². The van der Waals surface area contributed by atoms with E-state index in [1.165, 1.54) is 0 Å². The van der Waals surface area contributed by atoms with Gasteiger partial charge in [-0.05, 0) is 37.1 Å². The first-order valence-electron chi connectivity index (χ1n) is 5.12. The molecule has 0 unspecified atom stereocenters. The molecule has 1 fully saturated rings. The van der Waals surface area contributed by atoms with Gasteiger partial charge in [-0.2, -0.15) is 0 Å². The van der Waals surface area contributed by atoms with E-state index in [4.69, 9.17) is 10.9 Å². The standard InChI is InChI=1S/C10H13N3O3S/c11-10(12-14)7-1-3-8(4-2-7)13-17(15,16)9-5-6-9/h1-4,9,13-14H,5-6H2,(H2,11,12). The number of hydrogen-bond acceptors (Lipinski definition) is 4. The van der Waals surface area contributed by atoms with Crippen molar-refractivity contribution in [1.29, 1.82) is 0 Å². The van der Waals surface area contributed by atoms with Gasteiger partial charge in [-0.1, -0.05) is 5.16 Å². The minimum atomic E-state index is -3.24. The third kappa shape index (κ3) is 2.68. The predicted molar refractivity (Wildman–Crippen MR) is 64.5 cm³/mol. The highest BCUT2D eigenvalue weighted by Gasteiger charge is 2.35. The maximum Gasteiger partial charge on any atom is 0.235 e. The fourth-order valence-corrected chi connectivity index (χ4v) is 2.78. The van der Waals surface area contributed by atoms with Gasteiger partial charge in [0.25, 0.3) is 0 Å². The second-order valence-corrected chi connectivity index (χ2v) is 5.87. The summed E-state index contributed by atoms with van der Waals surface area (Å²) in [6.07, 6.45) is 1.44. The number of benzene rings is 1. The summed E-state index contributed by atoms with van der Waals surface area (Å²) >= 11 is 0. The van der Waals surface area contributed by atoms with E-state index in [0.29, 0.717) is 11.3 Å². The van der Waals surface area contributed by atoms with Gasteiger partial charge < -0.3 is 10.9 Å². The van der Waals surface area contributed by atoms with Gasteiger partial charge >= 0.3 is 0 Å². The Morgan fingerprint density at radius 3 is 2.41 bits per heavy atom. The lowest BCUT2D eigenvalue weighted by Crippen LogP contribution is -2.17. The first kappa shape index (κ1) is 11.7. The smallest absolute Gasteiger partial charge is 0.235 e. The number of nitrogens with one attached hydrogen (secondary N) is 1. The minimum absolute atomic E-state index is 0.0124. The SMILES string of the molecule is NC(=NO)c1ccc(NS(=O)(=O)C2CC2)cc1. The Bertz CT molecular complexity index is 532. The van der Waals surface area contributed by atoms with Gasteiger partial charge in [0.05, 0.1) is 5.25 Å². The fraction of sp³-hybridized carbons (Fsp3) is 0.300. The van der Waals surface area contributed by atoms with E-state index >= 15 is 0 Å². The van der Waals surface area contributed by atoms with Crippen LogP contribution >= 0.6 is 0 Å². The molecule has 1 aromatic rings. The zero-order valence-electron chi connectivity index (χ0n) is 9.00. The minimum Gasteiger partial charge on any atom is -0.409 e. The lowest BCUT2D eigenvalue weighted by molar-refractivity contribution is 0.318. The van der Waals surface area contributed by atoms with E-state index in [1.54, 1.807) is 24.3 Å². The zero-order chi connectivity index (χ0) is 12.5. The highest BCUT2D eigenvalue weighted by Crippen LogP contribution is 2.29. The Morgan fingerprint density at radius 2 is 1.94 bits per heavy atom. The van der Waals surface area contributed by atoms with Crippen LogP contribution in [0.4, 0.5) is 5.69 Å². The van der Waals surface area contributed by atoms with Crippen LogP contribution in [0.15, 0.2) is 29.4 Å². The summed E-state index contributed by atoms with van der Waals surface area (Å²) in [6, 6.07) is 6.32. The van der Waals surface area contributed by atoms with Crippen molar-refractivity contribution in [3.8, 4) is 0 Å². The predicted octanol–water partition coefficient (Wildman–Crippen LogP) is 0.685. The Morgan fingerprint density at radius 1 is 1.35 bits per heavy atom. The van der Waals surface area contributed by atoms with Gasteiger partial charge in [0.15, 0.2) is 5.84 Å². The zero-order valence-corrected chi connectivity index (χ0v) is 9.81. The molecule has 0 spiro atoms. The molecule has 1 aromatic carbocycles. The van der Waals surface area contributed by atoms with E-state index in [9.17, 15) is 8.42 Å². The van der Waals surface area contributed by atoms with Gasteiger partial charge in [-0.15, -0.1) is 0 Å². The molecule has 0 atom stereocenters. The third-order valence-electron chi connectivity index (χ3n) is 2.51. The maximum absolute atomic E-state index is 11.6. The lowest BCUT2D eigenvalue weighted by Gasteiger charge is -2.07. The molecule has 0 heterocycles. The molecule has 6 nitrogen and oxygen atoms in total. The van der Waals surface area contributed by atoms with Crippen LogP contribution in [0.5, 0.6) is 0 Å². The van der Waals surface area contributed by atoms with Crippen LogP contribution < -0.4 is 10.5 Å². The van der Waals surface area contributed by atoms with E-state index in [-0.39, 0.29) is 11.1 Å². The molecule has 4 N–H and O–H groups in total. The number of rotatable bonds is 4. The summed E-state index contributed by atoms with van der Waals surface area (Å²) < 4.78 is 25.8. The Hall–Kier alpha value is -1.76. The van der Waals surface area contributed by atoms with Crippen molar-refractivity contribution < 1.29 is 13.6 Å². The van der Waals surface area contributed by atoms with Crippen LogP contribution in [0.1, 0.15) is 18.4 Å². The molecule has 0 aliphatic heterocycles. The normalized spacial score (nSPS) is 16.8. The molecule has 2 rings (SSSR count). The molecule has 7 heteroatoms. The fourth-order valence-electron chi connectivity index (χ4n) is 1.39. The monoisotopic (exact) mass is 255 g/mol. The maximum atomic E-state index is 11.6. The van der Waals surface area contributed by atoms with Crippen molar-refractivity contribution in [2.75, 3.05) is 4.72 Å².